The fourth-order valence-corrected chi connectivity index (χ4v) is 3.96. The van der Waals surface area contributed by atoms with Gasteiger partial charge in [0.15, 0.2) is 0 Å². The van der Waals surface area contributed by atoms with E-state index in [0.29, 0.717) is 25.9 Å². The summed E-state index contributed by atoms with van der Waals surface area (Å²) < 4.78 is 0. The first-order valence-electron chi connectivity index (χ1n) is 8.78. The predicted molar refractivity (Wildman–Crippen MR) is 94.0 cm³/mol. The van der Waals surface area contributed by atoms with Crippen LogP contribution in [-0.2, 0) is 19.3 Å². The molecule has 1 aromatic rings. The Morgan fingerprint density at radius 2 is 2.00 bits per heavy atom. The minimum atomic E-state index is -0.794. The number of nitrogens with one attached hydrogen (secondary N) is 2. The summed E-state index contributed by atoms with van der Waals surface area (Å²) in [6, 6.07) is -0.205. The molecule has 23 heavy (non-hydrogen) atoms. The molecule has 0 saturated carbocycles. The molecule has 6 heteroatoms. The van der Waals surface area contributed by atoms with E-state index in [1.165, 1.54) is 34.8 Å². The number of thiazole rings is 1. The Morgan fingerprint density at radius 1 is 1.26 bits per heavy atom. The van der Waals surface area contributed by atoms with Gasteiger partial charge in [-0.05, 0) is 44.9 Å². The quantitative estimate of drug-likeness (QED) is 0.638. The van der Waals surface area contributed by atoms with E-state index in [1.54, 1.807) is 0 Å². The molecule has 0 bridgehead atoms. The van der Waals surface area contributed by atoms with E-state index in [-0.39, 0.29) is 6.03 Å². The first-order chi connectivity index (χ1) is 11.1. The van der Waals surface area contributed by atoms with E-state index >= 15 is 0 Å². The van der Waals surface area contributed by atoms with Crippen molar-refractivity contribution in [3.63, 3.8) is 0 Å². The van der Waals surface area contributed by atoms with E-state index < -0.39 is 5.60 Å². The van der Waals surface area contributed by atoms with Gasteiger partial charge in [0.05, 0.1) is 16.3 Å². The monoisotopic (exact) mass is 339 g/mol. The van der Waals surface area contributed by atoms with E-state index in [9.17, 15) is 9.90 Å². The highest BCUT2D eigenvalue weighted by molar-refractivity contribution is 7.11. The molecule has 0 aromatic carbocycles. The van der Waals surface area contributed by atoms with Gasteiger partial charge in [-0.2, -0.15) is 0 Å². The fraction of sp³-hybridized carbons (Fsp3) is 0.765. The number of urea groups is 1. The van der Waals surface area contributed by atoms with E-state index in [1.807, 2.05) is 25.2 Å². The number of aliphatic hydroxyl groups is 1. The van der Waals surface area contributed by atoms with Crippen molar-refractivity contribution in [1.82, 2.24) is 15.6 Å². The lowest BCUT2D eigenvalue weighted by Crippen LogP contribution is -2.46. The molecular formula is C17H29N3O2S. The van der Waals surface area contributed by atoms with Gasteiger partial charge in [0, 0.05) is 24.4 Å². The van der Waals surface area contributed by atoms with Crippen LogP contribution in [0, 0.1) is 0 Å². The van der Waals surface area contributed by atoms with Gasteiger partial charge in [-0.15, -0.1) is 11.3 Å². The van der Waals surface area contributed by atoms with Crippen molar-refractivity contribution in [2.45, 2.75) is 70.8 Å². The molecule has 1 aromatic heterocycles. The van der Waals surface area contributed by atoms with Gasteiger partial charge in [-0.1, -0.05) is 13.8 Å². The number of amides is 2. The Balaban J connectivity index is 1.63. The molecule has 0 saturated heterocycles. The normalized spacial score (nSPS) is 14.4. The van der Waals surface area contributed by atoms with Gasteiger partial charge < -0.3 is 15.7 Å². The number of nitrogens with zero attached hydrogens (tertiary/aromatic N) is 1. The number of aryl methyl sites for hydroxylation is 3. The summed E-state index contributed by atoms with van der Waals surface area (Å²) in [4.78, 5) is 17.9. The summed E-state index contributed by atoms with van der Waals surface area (Å²) in [5, 5.41) is 16.9. The highest BCUT2D eigenvalue weighted by Crippen LogP contribution is 2.27. The Hall–Kier alpha value is -1.14. The largest absolute Gasteiger partial charge is 0.388 e. The van der Waals surface area contributed by atoms with Crippen LogP contribution in [0.4, 0.5) is 4.79 Å². The Morgan fingerprint density at radius 3 is 2.70 bits per heavy atom. The zero-order chi connectivity index (χ0) is 16.7. The minimum absolute atomic E-state index is 0.205. The van der Waals surface area contributed by atoms with E-state index in [4.69, 9.17) is 4.98 Å². The lowest BCUT2D eigenvalue weighted by Gasteiger charge is -2.25. The average Bonchev–Trinajstić information content (AvgIpc) is 2.99. The summed E-state index contributed by atoms with van der Waals surface area (Å²) in [7, 11) is 0. The zero-order valence-corrected chi connectivity index (χ0v) is 15.1. The van der Waals surface area contributed by atoms with Crippen molar-refractivity contribution in [3.8, 4) is 0 Å². The van der Waals surface area contributed by atoms with Crippen LogP contribution in [0.5, 0.6) is 0 Å². The third kappa shape index (κ3) is 5.46. The smallest absolute Gasteiger partial charge is 0.314 e. The molecule has 2 amide bonds. The fourth-order valence-electron chi connectivity index (χ4n) is 2.76. The maximum atomic E-state index is 11.7. The zero-order valence-electron chi connectivity index (χ0n) is 14.3. The van der Waals surface area contributed by atoms with Crippen molar-refractivity contribution in [3.05, 3.63) is 15.6 Å². The van der Waals surface area contributed by atoms with Crippen LogP contribution < -0.4 is 10.6 Å². The topological polar surface area (TPSA) is 74.2 Å². The van der Waals surface area contributed by atoms with Crippen molar-refractivity contribution >= 4 is 17.4 Å². The Kier molecular flexibility index (Phi) is 6.84. The second kappa shape index (κ2) is 8.64. The van der Waals surface area contributed by atoms with Crippen LogP contribution in [0.1, 0.15) is 61.5 Å². The molecule has 1 aliphatic rings. The molecule has 0 spiro atoms. The number of carbonyl (C=O) groups excluding carboxylic acids is 1. The van der Waals surface area contributed by atoms with Crippen molar-refractivity contribution in [2.75, 3.05) is 13.1 Å². The lowest BCUT2D eigenvalue weighted by molar-refractivity contribution is 0.0349. The Bertz CT molecular complexity index is 488. The molecule has 0 atom stereocenters. The van der Waals surface area contributed by atoms with Crippen LogP contribution in [-0.4, -0.2) is 34.8 Å². The highest BCUT2D eigenvalue weighted by atomic mass is 32.1. The van der Waals surface area contributed by atoms with Crippen molar-refractivity contribution in [2.24, 2.45) is 0 Å². The van der Waals surface area contributed by atoms with Gasteiger partial charge in [-0.25, -0.2) is 9.78 Å². The second-order valence-corrected chi connectivity index (χ2v) is 7.50. The van der Waals surface area contributed by atoms with Gasteiger partial charge in [0.25, 0.3) is 0 Å². The number of hydrogen-bond donors (Lipinski definition) is 3. The summed E-state index contributed by atoms with van der Waals surface area (Å²) in [6.45, 7) is 4.78. The third-order valence-electron chi connectivity index (χ3n) is 4.64. The van der Waals surface area contributed by atoms with Crippen molar-refractivity contribution < 1.29 is 9.90 Å². The third-order valence-corrected chi connectivity index (χ3v) is 5.85. The number of aromatic nitrogens is 1. The molecule has 1 heterocycles. The first-order valence-corrected chi connectivity index (χ1v) is 9.59. The number of carbonyl (C=O) groups is 1. The minimum Gasteiger partial charge on any atom is -0.388 e. The SMILES string of the molecule is CCC(O)(CC)CNC(=O)NCCCc1nc2c(s1)CCCC2. The van der Waals surface area contributed by atoms with Crippen molar-refractivity contribution in [1.29, 1.82) is 0 Å². The first kappa shape index (κ1) is 18.2. The van der Waals surface area contributed by atoms with E-state index in [0.717, 1.165) is 19.3 Å². The number of rotatable bonds is 8. The van der Waals surface area contributed by atoms with Gasteiger partial charge in [-0.3, -0.25) is 0 Å². The summed E-state index contributed by atoms with van der Waals surface area (Å²) in [5.74, 6) is 0. The number of fused-ring (bicyclic) bond motifs is 1. The molecule has 3 N–H and O–H groups in total. The maximum absolute atomic E-state index is 11.7. The number of hydrogen-bond acceptors (Lipinski definition) is 4. The molecule has 0 aliphatic heterocycles. The molecule has 0 radical (unpaired) electrons. The molecule has 130 valence electrons. The summed E-state index contributed by atoms with van der Waals surface area (Å²) >= 11 is 1.84. The summed E-state index contributed by atoms with van der Waals surface area (Å²) in [5.41, 5.74) is 0.512. The molecular weight excluding hydrogens is 310 g/mol. The van der Waals surface area contributed by atoms with Gasteiger partial charge in [0.1, 0.15) is 0 Å². The van der Waals surface area contributed by atoms with Crippen LogP contribution in [0.2, 0.25) is 0 Å². The maximum Gasteiger partial charge on any atom is 0.314 e. The second-order valence-electron chi connectivity index (χ2n) is 6.33. The van der Waals surface area contributed by atoms with Crippen LogP contribution in [0.15, 0.2) is 0 Å². The van der Waals surface area contributed by atoms with E-state index in [2.05, 4.69) is 10.6 Å². The van der Waals surface area contributed by atoms with Crippen LogP contribution in [0.3, 0.4) is 0 Å². The molecule has 0 unspecified atom stereocenters. The molecule has 5 nitrogen and oxygen atoms in total. The summed E-state index contributed by atoms with van der Waals surface area (Å²) in [6.07, 6.45) is 7.96. The van der Waals surface area contributed by atoms with Crippen LogP contribution in [0.25, 0.3) is 0 Å². The molecule has 0 fully saturated rings. The molecule has 2 rings (SSSR count). The van der Waals surface area contributed by atoms with Gasteiger partial charge >= 0.3 is 6.03 Å². The highest BCUT2D eigenvalue weighted by Gasteiger charge is 2.22. The predicted octanol–water partition coefficient (Wildman–Crippen LogP) is 2.80. The van der Waals surface area contributed by atoms with Crippen LogP contribution >= 0.6 is 11.3 Å². The standard InChI is InChI=1S/C17H29N3O2S/c1-3-17(22,4-2)12-19-16(21)18-11-7-10-15-20-13-8-5-6-9-14(13)23-15/h22H,3-12H2,1-2H3,(H2,18,19,21). The van der Waals surface area contributed by atoms with Gasteiger partial charge in [0.2, 0.25) is 0 Å². The lowest BCUT2D eigenvalue weighted by atomic mass is 9.98. The molecule has 1 aliphatic carbocycles. The average molecular weight is 340 g/mol. The Labute approximate surface area is 142 Å².